The average molecular weight is 300 g/mol. The fourth-order valence-corrected chi connectivity index (χ4v) is 1.90. The number of benzene rings is 1. The van der Waals surface area contributed by atoms with Gasteiger partial charge in [0.2, 0.25) is 5.91 Å². The van der Waals surface area contributed by atoms with Crippen LogP contribution in [0.1, 0.15) is 25.8 Å². The summed E-state index contributed by atoms with van der Waals surface area (Å²) < 4.78 is 6.23. The van der Waals surface area contributed by atoms with E-state index in [0.717, 1.165) is 15.7 Å². The molecule has 0 aliphatic heterocycles. The highest BCUT2D eigenvalue weighted by Gasteiger charge is 2.21. The summed E-state index contributed by atoms with van der Waals surface area (Å²) in [7, 11) is 1.61. The van der Waals surface area contributed by atoms with Crippen LogP contribution in [0.5, 0.6) is 0 Å². The lowest BCUT2D eigenvalue weighted by atomic mass is 10.0. The molecule has 4 heteroatoms. The number of hydrogen-bond donors (Lipinski definition) is 1. The van der Waals surface area contributed by atoms with Gasteiger partial charge in [0, 0.05) is 17.3 Å². The summed E-state index contributed by atoms with van der Waals surface area (Å²) in [4.78, 5) is 11.8. The van der Waals surface area contributed by atoms with Crippen LogP contribution < -0.4 is 5.32 Å². The molecule has 17 heavy (non-hydrogen) atoms. The van der Waals surface area contributed by atoms with Crippen LogP contribution in [0.15, 0.2) is 22.7 Å². The van der Waals surface area contributed by atoms with Crippen LogP contribution in [0.2, 0.25) is 0 Å². The zero-order valence-electron chi connectivity index (χ0n) is 10.6. The number of aryl methyl sites for hydroxylation is 1. The predicted molar refractivity (Wildman–Crippen MR) is 73.2 cm³/mol. The number of amides is 1. The Bertz CT molecular complexity index is 416. The van der Waals surface area contributed by atoms with Gasteiger partial charge in [-0.15, -0.1) is 0 Å². The second-order valence-corrected chi connectivity index (χ2v) is 5.56. The quantitative estimate of drug-likeness (QED) is 0.924. The first-order valence-electron chi connectivity index (χ1n) is 5.45. The minimum atomic E-state index is -0.437. The van der Waals surface area contributed by atoms with Crippen LogP contribution in [0.25, 0.3) is 0 Å². The lowest BCUT2D eigenvalue weighted by Crippen LogP contribution is -2.29. The molecule has 1 N–H and O–H groups in total. The third kappa shape index (κ3) is 4.48. The van der Waals surface area contributed by atoms with Crippen molar-refractivity contribution in [1.29, 1.82) is 0 Å². The second-order valence-electron chi connectivity index (χ2n) is 4.65. The monoisotopic (exact) mass is 299 g/mol. The maximum Gasteiger partial charge on any atom is 0.227 e. The van der Waals surface area contributed by atoms with Crippen molar-refractivity contribution in [2.24, 2.45) is 0 Å². The van der Waals surface area contributed by atoms with Crippen molar-refractivity contribution in [3.8, 4) is 0 Å². The molecule has 0 heterocycles. The van der Waals surface area contributed by atoms with E-state index in [4.69, 9.17) is 4.74 Å². The SMILES string of the molecule is COC(C)(C)CC(=O)Nc1ccc(Br)cc1C. The molecule has 1 aromatic carbocycles. The van der Waals surface area contributed by atoms with Gasteiger partial charge in [-0.25, -0.2) is 0 Å². The molecule has 1 rings (SSSR count). The molecule has 3 nitrogen and oxygen atoms in total. The summed E-state index contributed by atoms with van der Waals surface area (Å²) in [6.07, 6.45) is 0.332. The molecule has 0 spiro atoms. The van der Waals surface area contributed by atoms with E-state index < -0.39 is 5.60 Å². The normalized spacial score (nSPS) is 11.4. The molecule has 1 amide bonds. The van der Waals surface area contributed by atoms with Crippen molar-refractivity contribution in [3.63, 3.8) is 0 Å². The highest BCUT2D eigenvalue weighted by Crippen LogP contribution is 2.21. The molecule has 1 aromatic rings. The molecule has 0 aliphatic rings. The Morgan fingerprint density at radius 2 is 2.12 bits per heavy atom. The molecular formula is C13H18BrNO2. The number of hydrogen-bond acceptors (Lipinski definition) is 2. The van der Waals surface area contributed by atoms with Crippen LogP contribution in [0.3, 0.4) is 0 Å². The van der Waals surface area contributed by atoms with E-state index in [-0.39, 0.29) is 5.91 Å². The topological polar surface area (TPSA) is 38.3 Å². The van der Waals surface area contributed by atoms with Crippen LogP contribution >= 0.6 is 15.9 Å². The smallest absolute Gasteiger partial charge is 0.227 e. The van der Waals surface area contributed by atoms with E-state index >= 15 is 0 Å². The number of rotatable bonds is 4. The Morgan fingerprint density at radius 3 is 2.65 bits per heavy atom. The number of anilines is 1. The third-order valence-corrected chi connectivity index (χ3v) is 3.09. The van der Waals surface area contributed by atoms with Gasteiger partial charge in [-0.05, 0) is 44.5 Å². The van der Waals surface area contributed by atoms with Gasteiger partial charge in [-0.2, -0.15) is 0 Å². The van der Waals surface area contributed by atoms with Crippen molar-refractivity contribution in [2.45, 2.75) is 32.8 Å². The van der Waals surface area contributed by atoms with E-state index in [1.165, 1.54) is 0 Å². The molecule has 0 saturated heterocycles. The minimum absolute atomic E-state index is 0.0396. The molecular weight excluding hydrogens is 282 g/mol. The molecule has 0 radical (unpaired) electrons. The first-order chi connectivity index (χ1) is 7.84. The van der Waals surface area contributed by atoms with Crippen molar-refractivity contribution < 1.29 is 9.53 Å². The maximum atomic E-state index is 11.8. The standard InChI is InChI=1S/C13H18BrNO2/c1-9-7-10(14)5-6-11(9)15-12(16)8-13(2,3)17-4/h5-7H,8H2,1-4H3,(H,15,16). The van der Waals surface area contributed by atoms with Gasteiger partial charge in [-0.1, -0.05) is 15.9 Å². The zero-order valence-corrected chi connectivity index (χ0v) is 12.2. The Kier molecular flexibility index (Phi) is 4.71. The molecule has 94 valence electrons. The summed E-state index contributed by atoms with van der Waals surface area (Å²) in [6.45, 7) is 5.74. The fourth-order valence-electron chi connectivity index (χ4n) is 1.42. The molecule has 0 aliphatic carbocycles. The lowest BCUT2D eigenvalue weighted by molar-refractivity contribution is -0.121. The second kappa shape index (κ2) is 5.65. The number of carbonyl (C=O) groups excluding carboxylic acids is 1. The maximum absolute atomic E-state index is 11.8. The van der Waals surface area contributed by atoms with Crippen molar-refractivity contribution in [1.82, 2.24) is 0 Å². The first kappa shape index (κ1) is 14.2. The van der Waals surface area contributed by atoms with Gasteiger partial charge in [0.15, 0.2) is 0 Å². The van der Waals surface area contributed by atoms with E-state index in [1.54, 1.807) is 7.11 Å². The largest absolute Gasteiger partial charge is 0.378 e. The highest BCUT2D eigenvalue weighted by atomic mass is 79.9. The van der Waals surface area contributed by atoms with Crippen LogP contribution in [0.4, 0.5) is 5.69 Å². The molecule has 0 saturated carbocycles. The Balaban J connectivity index is 2.69. The van der Waals surface area contributed by atoms with E-state index in [9.17, 15) is 4.79 Å². The summed E-state index contributed by atoms with van der Waals surface area (Å²) >= 11 is 3.39. The number of nitrogens with one attached hydrogen (secondary N) is 1. The first-order valence-corrected chi connectivity index (χ1v) is 6.24. The third-order valence-electron chi connectivity index (χ3n) is 2.60. The van der Waals surface area contributed by atoms with Crippen molar-refractivity contribution >= 4 is 27.5 Å². The summed E-state index contributed by atoms with van der Waals surface area (Å²) in [5, 5.41) is 2.89. The summed E-state index contributed by atoms with van der Waals surface area (Å²) in [6, 6.07) is 5.76. The fraction of sp³-hybridized carbons (Fsp3) is 0.462. The average Bonchev–Trinajstić information content (AvgIpc) is 2.21. The molecule has 0 fully saturated rings. The number of halogens is 1. The van der Waals surface area contributed by atoms with Gasteiger partial charge in [0.1, 0.15) is 0 Å². The Labute approximate surface area is 111 Å². The molecule has 0 unspecified atom stereocenters. The highest BCUT2D eigenvalue weighted by molar-refractivity contribution is 9.10. The lowest BCUT2D eigenvalue weighted by Gasteiger charge is -2.22. The number of methoxy groups -OCH3 is 1. The zero-order chi connectivity index (χ0) is 13.1. The Morgan fingerprint density at radius 1 is 1.47 bits per heavy atom. The van der Waals surface area contributed by atoms with Crippen LogP contribution in [-0.2, 0) is 9.53 Å². The van der Waals surface area contributed by atoms with Crippen LogP contribution in [-0.4, -0.2) is 18.6 Å². The van der Waals surface area contributed by atoms with E-state index in [0.29, 0.717) is 6.42 Å². The van der Waals surface area contributed by atoms with Gasteiger partial charge in [-0.3, -0.25) is 4.79 Å². The molecule has 0 aromatic heterocycles. The molecule has 0 bridgehead atoms. The summed E-state index contributed by atoms with van der Waals surface area (Å²) in [5.41, 5.74) is 1.43. The van der Waals surface area contributed by atoms with Gasteiger partial charge in [0.05, 0.1) is 12.0 Å². The molecule has 0 atom stereocenters. The van der Waals surface area contributed by atoms with Crippen molar-refractivity contribution in [3.05, 3.63) is 28.2 Å². The van der Waals surface area contributed by atoms with E-state index in [1.807, 2.05) is 39.0 Å². The predicted octanol–water partition coefficient (Wildman–Crippen LogP) is 3.51. The van der Waals surface area contributed by atoms with Crippen molar-refractivity contribution in [2.75, 3.05) is 12.4 Å². The Hall–Kier alpha value is -0.870. The summed E-state index contributed by atoms with van der Waals surface area (Å²) in [5.74, 6) is -0.0396. The minimum Gasteiger partial charge on any atom is -0.378 e. The van der Waals surface area contributed by atoms with Gasteiger partial charge in [0.25, 0.3) is 0 Å². The van der Waals surface area contributed by atoms with Crippen LogP contribution in [0, 0.1) is 6.92 Å². The van der Waals surface area contributed by atoms with Gasteiger partial charge >= 0.3 is 0 Å². The number of carbonyl (C=O) groups is 1. The number of ether oxygens (including phenoxy) is 1. The van der Waals surface area contributed by atoms with Gasteiger partial charge < -0.3 is 10.1 Å². The van der Waals surface area contributed by atoms with E-state index in [2.05, 4.69) is 21.2 Å².